The molecule has 0 spiro atoms. The number of nitrogens with one attached hydrogen (secondary N) is 2. The van der Waals surface area contributed by atoms with Gasteiger partial charge in [-0.3, -0.25) is 9.59 Å². The molecule has 2 aromatic carbocycles. The van der Waals surface area contributed by atoms with Crippen molar-refractivity contribution in [3.8, 4) is 22.6 Å². The van der Waals surface area contributed by atoms with E-state index in [0.717, 1.165) is 0 Å². The van der Waals surface area contributed by atoms with Gasteiger partial charge in [0.2, 0.25) is 0 Å². The molecule has 188 valence electrons. The van der Waals surface area contributed by atoms with Gasteiger partial charge in [-0.25, -0.2) is 4.39 Å². The Balaban J connectivity index is 2.00. The first-order valence-electron chi connectivity index (χ1n) is 11.7. The fourth-order valence-electron chi connectivity index (χ4n) is 4.30. The summed E-state index contributed by atoms with van der Waals surface area (Å²) < 4.78 is 21.7. The van der Waals surface area contributed by atoms with Gasteiger partial charge in [-0.1, -0.05) is 6.07 Å². The Morgan fingerprint density at radius 1 is 1.14 bits per heavy atom. The van der Waals surface area contributed by atoms with E-state index in [1.807, 2.05) is 13.0 Å². The van der Waals surface area contributed by atoms with E-state index in [0.29, 0.717) is 51.2 Å². The van der Waals surface area contributed by atoms with Crippen molar-refractivity contribution < 1.29 is 19.0 Å². The lowest BCUT2D eigenvalue weighted by atomic mass is 9.93. The Labute approximate surface area is 208 Å². The molecule has 3 N–H and O–H groups in total. The van der Waals surface area contributed by atoms with E-state index in [4.69, 9.17) is 4.74 Å². The number of pyridine rings is 1. The molecular formula is C28H30FN3O4. The Hall–Kier alpha value is -3.91. The molecule has 0 saturated heterocycles. The van der Waals surface area contributed by atoms with Gasteiger partial charge >= 0.3 is 0 Å². The number of rotatable bonds is 6. The first-order chi connectivity index (χ1) is 16.9. The van der Waals surface area contributed by atoms with Crippen LogP contribution in [0.2, 0.25) is 0 Å². The quantitative estimate of drug-likeness (QED) is 0.351. The van der Waals surface area contributed by atoms with Crippen LogP contribution < -0.4 is 15.6 Å². The maximum atomic E-state index is 13.9. The zero-order chi connectivity index (χ0) is 26.4. The number of nitrogens with zero attached hydrogens (tertiary/aromatic N) is 1. The first-order valence-corrected chi connectivity index (χ1v) is 11.7. The molecule has 0 unspecified atom stereocenters. The van der Waals surface area contributed by atoms with Crippen LogP contribution >= 0.6 is 0 Å². The summed E-state index contributed by atoms with van der Waals surface area (Å²) in [6, 6.07) is 9.78. The molecule has 0 aliphatic carbocycles. The largest absolute Gasteiger partial charge is 0.456 e. The van der Waals surface area contributed by atoms with Crippen LogP contribution in [0.5, 0.6) is 11.5 Å². The van der Waals surface area contributed by atoms with Crippen molar-refractivity contribution in [3.05, 3.63) is 81.2 Å². The zero-order valence-corrected chi connectivity index (χ0v) is 21.2. The maximum Gasteiger partial charge on any atom is 0.274 e. The number of amides is 1. The number of carbonyl (C=O) groups excluding carboxylic acids is 1. The Morgan fingerprint density at radius 2 is 1.81 bits per heavy atom. The number of carbonyl (C=O) groups is 1. The molecule has 0 bridgehead atoms. The Bertz CT molecular complexity index is 1520. The summed E-state index contributed by atoms with van der Waals surface area (Å²) in [6.45, 7) is 9.16. The lowest BCUT2D eigenvalue weighted by Gasteiger charge is -2.22. The molecule has 2 heterocycles. The summed E-state index contributed by atoms with van der Waals surface area (Å²) in [4.78, 5) is 28.4. The second kappa shape index (κ2) is 9.28. The minimum atomic E-state index is -1.14. The van der Waals surface area contributed by atoms with Crippen LogP contribution in [0.15, 0.2) is 47.4 Å². The summed E-state index contributed by atoms with van der Waals surface area (Å²) in [6.07, 6.45) is 1.68. The molecule has 36 heavy (non-hydrogen) atoms. The van der Waals surface area contributed by atoms with Gasteiger partial charge in [0.25, 0.3) is 11.5 Å². The van der Waals surface area contributed by atoms with E-state index < -0.39 is 5.60 Å². The van der Waals surface area contributed by atoms with Crippen LogP contribution in [-0.2, 0) is 12.6 Å². The smallest absolute Gasteiger partial charge is 0.274 e. The number of fused-ring (bicyclic) bond motifs is 1. The Morgan fingerprint density at radius 3 is 2.42 bits per heavy atom. The second-order valence-corrected chi connectivity index (χ2v) is 9.53. The second-order valence-electron chi connectivity index (χ2n) is 9.53. The third kappa shape index (κ3) is 4.64. The number of H-pyrrole nitrogens is 1. The van der Waals surface area contributed by atoms with Crippen molar-refractivity contribution in [1.82, 2.24) is 14.9 Å². The fraction of sp³-hybridized carbons (Fsp3) is 0.286. The number of aromatic amines is 1. The zero-order valence-electron chi connectivity index (χ0n) is 21.2. The van der Waals surface area contributed by atoms with Gasteiger partial charge in [0.05, 0.1) is 5.60 Å². The minimum Gasteiger partial charge on any atom is -0.456 e. The van der Waals surface area contributed by atoms with E-state index in [9.17, 15) is 19.1 Å². The summed E-state index contributed by atoms with van der Waals surface area (Å²) in [5, 5.41) is 14.0. The first kappa shape index (κ1) is 25.2. The van der Waals surface area contributed by atoms with Gasteiger partial charge in [-0.05, 0) is 81.6 Å². The van der Waals surface area contributed by atoms with Crippen molar-refractivity contribution in [3.63, 3.8) is 0 Å². The number of benzene rings is 2. The van der Waals surface area contributed by atoms with Gasteiger partial charge in [0.1, 0.15) is 28.5 Å². The predicted molar refractivity (Wildman–Crippen MR) is 138 cm³/mol. The molecule has 1 amide bonds. The number of hydrogen-bond acceptors (Lipinski definition) is 4. The van der Waals surface area contributed by atoms with E-state index in [1.54, 1.807) is 59.1 Å². The van der Waals surface area contributed by atoms with Crippen LogP contribution in [0.25, 0.3) is 22.0 Å². The third-order valence-electron chi connectivity index (χ3n) is 6.16. The van der Waals surface area contributed by atoms with Gasteiger partial charge in [-0.15, -0.1) is 0 Å². The van der Waals surface area contributed by atoms with E-state index >= 15 is 0 Å². The van der Waals surface area contributed by atoms with Gasteiger partial charge in [0.15, 0.2) is 0 Å². The number of ether oxygens (including phenoxy) is 1. The highest BCUT2D eigenvalue weighted by molar-refractivity contribution is 6.03. The molecule has 0 radical (unpaired) electrons. The number of aromatic nitrogens is 2. The standard InChI is InChI=1S/C28H30FN3O4/c1-7-30-26(33)22-13-20-21(14-32(6)27(34)24(20)31-22)19-12-17(28(4,5)35)8-9-23(19)36-25-15(2)10-18(29)11-16(25)3/h8-14,31,35H,7H2,1-6H3,(H,30,33). The van der Waals surface area contributed by atoms with Crippen LogP contribution in [0, 0.1) is 19.7 Å². The highest BCUT2D eigenvalue weighted by Gasteiger charge is 2.23. The minimum absolute atomic E-state index is 0.266. The van der Waals surface area contributed by atoms with Gasteiger partial charge in [-0.2, -0.15) is 0 Å². The topological polar surface area (TPSA) is 96.3 Å². The van der Waals surface area contributed by atoms with E-state index in [1.165, 1.54) is 16.7 Å². The molecule has 0 fully saturated rings. The van der Waals surface area contributed by atoms with Crippen molar-refractivity contribution in [2.45, 2.75) is 40.2 Å². The lowest BCUT2D eigenvalue weighted by Crippen LogP contribution is -2.23. The molecule has 0 atom stereocenters. The Kier molecular flexibility index (Phi) is 6.49. The molecule has 4 rings (SSSR count). The van der Waals surface area contributed by atoms with Crippen LogP contribution in [0.1, 0.15) is 48.0 Å². The highest BCUT2D eigenvalue weighted by Crippen LogP contribution is 2.40. The summed E-state index contributed by atoms with van der Waals surface area (Å²) in [7, 11) is 1.63. The van der Waals surface area contributed by atoms with Crippen LogP contribution in [0.4, 0.5) is 4.39 Å². The van der Waals surface area contributed by atoms with Crippen molar-refractivity contribution in [2.75, 3.05) is 6.54 Å². The molecule has 0 aliphatic rings. The molecular weight excluding hydrogens is 461 g/mol. The summed E-state index contributed by atoms with van der Waals surface area (Å²) >= 11 is 0. The molecule has 8 heteroatoms. The number of halogens is 1. The highest BCUT2D eigenvalue weighted by atomic mass is 19.1. The number of aliphatic hydroxyl groups is 1. The fourth-order valence-corrected chi connectivity index (χ4v) is 4.30. The molecule has 2 aromatic heterocycles. The molecule has 0 aliphatic heterocycles. The molecule has 0 saturated carbocycles. The summed E-state index contributed by atoms with van der Waals surface area (Å²) in [5.41, 5.74) is 2.28. The SMILES string of the molecule is CCNC(=O)c1cc2c(-c3cc(C(C)(C)O)ccc3Oc3c(C)cc(F)cc3C)cn(C)c(=O)c2[nH]1. The maximum absolute atomic E-state index is 13.9. The van der Waals surface area contributed by atoms with Crippen molar-refractivity contribution >= 4 is 16.8 Å². The number of hydrogen-bond donors (Lipinski definition) is 3. The summed E-state index contributed by atoms with van der Waals surface area (Å²) in [5.74, 6) is 0.314. The molecule has 7 nitrogen and oxygen atoms in total. The van der Waals surface area contributed by atoms with Crippen LogP contribution in [0.3, 0.4) is 0 Å². The van der Waals surface area contributed by atoms with Crippen molar-refractivity contribution in [2.24, 2.45) is 7.05 Å². The van der Waals surface area contributed by atoms with Gasteiger partial charge < -0.3 is 24.7 Å². The van der Waals surface area contributed by atoms with Gasteiger partial charge in [0, 0.05) is 36.3 Å². The monoisotopic (exact) mass is 491 g/mol. The molecule has 4 aromatic rings. The predicted octanol–water partition coefficient (Wildman–Crippen LogP) is 5.06. The average Bonchev–Trinajstić information content (AvgIpc) is 3.24. The average molecular weight is 492 g/mol. The van der Waals surface area contributed by atoms with Crippen LogP contribution in [-0.4, -0.2) is 27.1 Å². The van der Waals surface area contributed by atoms with E-state index in [-0.39, 0.29) is 28.5 Å². The normalized spacial score (nSPS) is 11.7. The van der Waals surface area contributed by atoms with E-state index in [2.05, 4.69) is 10.3 Å². The number of aryl methyl sites for hydroxylation is 3. The van der Waals surface area contributed by atoms with Crippen molar-refractivity contribution in [1.29, 1.82) is 0 Å². The third-order valence-corrected chi connectivity index (χ3v) is 6.16. The lowest BCUT2D eigenvalue weighted by molar-refractivity contribution is 0.0786.